The lowest BCUT2D eigenvalue weighted by Gasteiger charge is -2.23. The number of fused-ring (bicyclic) bond motifs is 1. The highest BCUT2D eigenvalue weighted by Gasteiger charge is 2.28. The maximum Gasteiger partial charge on any atom is 0.384 e. The highest BCUT2D eigenvalue weighted by molar-refractivity contribution is 5.28. The largest absolute Gasteiger partial charge is 0.384 e. The van der Waals surface area contributed by atoms with Crippen LogP contribution in [0, 0.1) is 10.1 Å². The molecule has 0 radical (unpaired) electrons. The fourth-order valence-corrected chi connectivity index (χ4v) is 2.20. The van der Waals surface area contributed by atoms with Crippen LogP contribution < -0.4 is 5.73 Å². The van der Waals surface area contributed by atoms with E-state index in [0.717, 1.165) is 31.4 Å². The maximum absolute atomic E-state index is 10.7. The van der Waals surface area contributed by atoms with E-state index < -0.39 is 4.92 Å². The van der Waals surface area contributed by atoms with E-state index in [9.17, 15) is 10.1 Å². The predicted octanol–water partition coefficient (Wildman–Crippen LogP) is 1.02. The van der Waals surface area contributed by atoms with Crippen molar-refractivity contribution in [2.75, 3.05) is 6.54 Å². The van der Waals surface area contributed by atoms with Crippen molar-refractivity contribution in [2.45, 2.75) is 31.7 Å². The molecule has 6 nitrogen and oxygen atoms in total. The van der Waals surface area contributed by atoms with Gasteiger partial charge in [-0.1, -0.05) is 0 Å². The second-order valence-electron chi connectivity index (χ2n) is 3.80. The molecule has 2 rings (SSSR count). The highest BCUT2D eigenvalue weighted by atomic mass is 16.6. The molecular formula is C9H14N4O2. The zero-order valence-corrected chi connectivity index (χ0v) is 8.43. The van der Waals surface area contributed by atoms with Crippen LogP contribution in [-0.2, 0) is 6.42 Å². The van der Waals surface area contributed by atoms with Crippen molar-refractivity contribution in [1.82, 2.24) is 9.55 Å². The van der Waals surface area contributed by atoms with E-state index in [1.807, 2.05) is 4.57 Å². The molecule has 1 aromatic heterocycles. The predicted molar refractivity (Wildman–Crippen MR) is 54.5 cm³/mol. The van der Waals surface area contributed by atoms with Crippen LogP contribution in [0.2, 0.25) is 0 Å². The van der Waals surface area contributed by atoms with Gasteiger partial charge in [0.2, 0.25) is 6.33 Å². The molecule has 0 aromatic carbocycles. The fourth-order valence-electron chi connectivity index (χ4n) is 2.20. The number of imidazole rings is 1. The Balaban J connectivity index is 2.33. The third kappa shape index (κ3) is 1.72. The molecule has 1 unspecified atom stereocenters. The van der Waals surface area contributed by atoms with E-state index in [-0.39, 0.29) is 5.82 Å². The minimum absolute atomic E-state index is 0.0109. The standard InChI is InChI=1S/C9H14N4O2/c10-5-4-7-2-1-3-8-9(13(14)15)11-6-12(7)8/h6-7H,1-5,10H2. The molecule has 0 saturated carbocycles. The fraction of sp³-hybridized carbons (Fsp3) is 0.667. The number of aromatic nitrogens is 2. The molecule has 0 aliphatic carbocycles. The van der Waals surface area contributed by atoms with Gasteiger partial charge in [0.25, 0.3) is 0 Å². The minimum atomic E-state index is -0.406. The van der Waals surface area contributed by atoms with Gasteiger partial charge in [0.15, 0.2) is 0 Å². The van der Waals surface area contributed by atoms with Crippen molar-refractivity contribution < 1.29 is 4.92 Å². The zero-order chi connectivity index (χ0) is 10.8. The summed E-state index contributed by atoms with van der Waals surface area (Å²) in [5.41, 5.74) is 6.27. The molecule has 2 N–H and O–H groups in total. The van der Waals surface area contributed by atoms with Gasteiger partial charge in [-0.25, -0.2) is 0 Å². The number of nitro groups is 1. The number of nitrogens with zero attached hydrogens (tertiary/aromatic N) is 3. The first-order valence-electron chi connectivity index (χ1n) is 5.14. The first kappa shape index (κ1) is 10.1. The molecule has 6 heteroatoms. The summed E-state index contributed by atoms with van der Waals surface area (Å²) in [6.07, 6.45) is 5.21. The summed E-state index contributed by atoms with van der Waals surface area (Å²) in [6, 6.07) is 0.292. The van der Waals surface area contributed by atoms with E-state index in [1.165, 1.54) is 0 Å². The third-order valence-electron chi connectivity index (χ3n) is 2.89. The lowest BCUT2D eigenvalue weighted by atomic mass is 10.0. The van der Waals surface area contributed by atoms with Gasteiger partial charge in [-0.2, -0.15) is 0 Å². The molecule has 82 valence electrons. The molecular weight excluding hydrogens is 196 g/mol. The lowest BCUT2D eigenvalue weighted by Crippen LogP contribution is -2.20. The quantitative estimate of drug-likeness (QED) is 0.596. The lowest BCUT2D eigenvalue weighted by molar-refractivity contribution is -0.390. The van der Waals surface area contributed by atoms with Crippen LogP contribution in [0.5, 0.6) is 0 Å². The van der Waals surface area contributed by atoms with Crippen molar-refractivity contribution >= 4 is 5.82 Å². The number of hydrogen-bond donors (Lipinski definition) is 1. The Bertz CT molecular complexity index is 374. The van der Waals surface area contributed by atoms with Gasteiger partial charge in [0, 0.05) is 6.04 Å². The Kier molecular flexibility index (Phi) is 2.68. The molecule has 0 bridgehead atoms. The Morgan fingerprint density at radius 3 is 3.20 bits per heavy atom. The van der Waals surface area contributed by atoms with Crippen molar-refractivity contribution in [3.63, 3.8) is 0 Å². The highest BCUT2D eigenvalue weighted by Crippen LogP contribution is 2.31. The van der Waals surface area contributed by atoms with Crippen LogP contribution in [0.4, 0.5) is 5.82 Å². The molecule has 0 fully saturated rings. The molecule has 1 aliphatic rings. The van der Waals surface area contributed by atoms with Gasteiger partial charge < -0.3 is 20.4 Å². The molecule has 0 spiro atoms. The summed E-state index contributed by atoms with van der Waals surface area (Å²) in [5.74, 6) is 0.0109. The van der Waals surface area contributed by atoms with E-state index in [0.29, 0.717) is 12.6 Å². The monoisotopic (exact) mass is 210 g/mol. The summed E-state index contributed by atoms with van der Waals surface area (Å²) in [6.45, 7) is 0.607. The van der Waals surface area contributed by atoms with E-state index in [2.05, 4.69) is 4.98 Å². The molecule has 1 aromatic rings. The molecule has 0 saturated heterocycles. The molecule has 1 aliphatic heterocycles. The van der Waals surface area contributed by atoms with Crippen molar-refractivity contribution in [2.24, 2.45) is 5.73 Å². The molecule has 1 atom stereocenters. The normalized spacial score (nSPS) is 19.9. The van der Waals surface area contributed by atoms with Crippen LogP contribution in [0.1, 0.15) is 31.0 Å². The number of rotatable bonds is 3. The summed E-state index contributed by atoms with van der Waals surface area (Å²) < 4.78 is 1.93. The summed E-state index contributed by atoms with van der Waals surface area (Å²) in [7, 11) is 0. The Hall–Kier alpha value is -1.43. The summed E-state index contributed by atoms with van der Waals surface area (Å²) >= 11 is 0. The number of hydrogen-bond acceptors (Lipinski definition) is 4. The third-order valence-corrected chi connectivity index (χ3v) is 2.89. The molecule has 2 heterocycles. The van der Waals surface area contributed by atoms with Gasteiger partial charge >= 0.3 is 5.82 Å². The second-order valence-corrected chi connectivity index (χ2v) is 3.80. The van der Waals surface area contributed by atoms with Crippen LogP contribution in [-0.4, -0.2) is 21.0 Å². The maximum atomic E-state index is 10.7. The minimum Gasteiger partial charge on any atom is -0.358 e. The SMILES string of the molecule is NCCC1CCCc2c([N+](=O)[O-])ncn21. The van der Waals surface area contributed by atoms with Crippen LogP contribution in [0.15, 0.2) is 6.33 Å². The zero-order valence-electron chi connectivity index (χ0n) is 8.43. The second kappa shape index (κ2) is 3.98. The summed E-state index contributed by atoms with van der Waals surface area (Å²) in [4.78, 5) is 14.2. The topological polar surface area (TPSA) is 87.0 Å². The van der Waals surface area contributed by atoms with Gasteiger partial charge in [0.1, 0.15) is 5.69 Å². The average Bonchev–Trinajstić information content (AvgIpc) is 2.62. The van der Waals surface area contributed by atoms with Gasteiger partial charge in [-0.3, -0.25) is 0 Å². The number of nitrogens with two attached hydrogens (primary N) is 1. The Morgan fingerprint density at radius 2 is 2.53 bits per heavy atom. The van der Waals surface area contributed by atoms with Crippen molar-refractivity contribution in [3.05, 3.63) is 22.1 Å². The van der Waals surface area contributed by atoms with E-state index >= 15 is 0 Å². The van der Waals surface area contributed by atoms with Crippen molar-refractivity contribution in [1.29, 1.82) is 0 Å². The van der Waals surface area contributed by atoms with Crippen LogP contribution >= 0.6 is 0 Å². The Labute approximate surface area is 87.2 Å². The smallest absolute Gasteiger partial charge is 0.358 e. The molecule has 15 heavy (non-hydrogen) atoms. The summed E-state index contributed by atoms with van der Waals surface area (Å²) in [5, 5.41) is 10.7. The van der Waals surface area contributed by atoms with Crippen LogP contribution in [0.3, 0.4) is 0 Å². The molecule has 0 amide bonds. The first-order valence-corrected chi connectivity index (χ1v) is 5.14. The average molecular weight is 210 g/mol. The van der Waals surface area contributed by atoms with E-state index in [4.69, 9.17) is 5.73 Å². The van der Waals surface area contributed by atoms with Gasteiger partial charge in [-0.05, 0) is 42.1 Å². The van der Waals surface area contributed by atoms with Crippen LogP contribution in [0.25, 0.3) is 0 Å². The first-order chi connectivity index (χ1) is 7.24. The van der Waals surface area contributed by atoms with Gasteiger partial charge in [0.05, 0.1) is 0 Å². The van der Waals surface area contributed by atoms with Crippen molar-refractivity contribution in [3.8, 4) is 0 Å². The Morgan fingerprint density at radius 1 is 1.73 bits per heavy atom. The van der Waals surface area contributed by atoms with Gasteiger partial charge in [-0.15, -0.1) is 0 Å². The van der Waals surface area contributed by atoms with E-state index in [1.54, 1.807) is 6.33 Å².